The predicted molar refractivity (Wildman–Crippen MR) is 96.8 cm³/mol. The number of amides is 1. The Kier molecular flexibility index (Phi) is 3.57. The predicted octanol–water partition coefficient (Wildman–Crippen LogP) is 2.33. The molecule has 1 aromatic carbocycles. The number of aromatic nitrogens is 2. The van der Waals surface area contributed by atoms with Gasteiger partial charge < -0.3 is 10.2 Å². The number of carbonyl (C=O) groups excluding carboxylic acids is 1. The summed E-state index contributed by atoms with van der Waals surface area (Å²) in [5.41, 5.74) is 2.40. The van der Waals surface area contributed by atoms with Gasteiger partial charge in [0.2, 0.25) is 5.62 Å². The first-order valence-electron chi connectivity index (χ1n) is 7.72. The van der Waals surface area contributed by atoms with Gasteiger partial charge in [0.15, 0.2) is 0 Å². The SMILES string of the molecule is CN(C)c1ccc2nc(=NC(=O)c3cccs3)n3c(c2c1)NCC3. The van der Waals surface area contributed by atoms with E-state index in [-0.39, 0.29) is 5.91 Å². The van der Waals surface area contributed by atoms with Crippen LogP contribution in [-0.4, -0.2) is 36.1 Å². The number of rotatable bonds is 2. The molecule has 0 bridgehead atoms. The van der Waals surface area contributed by atoms with Crippen molar-refractivity contribution in [2.24, 2.45) is 4.99 Å². The summed E-state index contributed by atoms with van der Waals surface area (Å²) in [5.74, 6) is 0.727. The fourth-order valence-electron chi connectivity index (χ4n) is 2.82. The molecule has 1 aliphatic rings. The van der Waals surface area contributed by atoms with Crippen molar-refractivity contribution in [3.8, 4) is 0 Å². The van der Waals surface area contributed by atoms with Crippen molar-refractivity contribution < 1.29 is 4.79 Å². The summed E-state index contributed by atoms with van der Waals surface area (Å²) in [7, 11) is 4.03. The minimum atomic E-state index is -0.247. The number of anilines is 2. The fourth-order valence-corrected chi connectivity index (χ4v) is 3.43. The fraction of sp³-hybridized carbons (Fsp3) is 0.235. The van der Waals surface area contributed by atoms with Crippen LogP contribution in [0.5, 0.6) is 0 Å². The Labute approximate surface area is 143 Å². The molecule has 0 aliphatic carbocycles. The molecule has 1 amide bonds. The Morgan fingerprint density at radius 1 is 1.38 bits per heavy atom. The van der Waals surface area contributed by atoms with Crippen LogP contribution >= 0.6 is 11.3 Å². The molecule has 0 saturated heterocycles. The quantitative estimate of drug-likeness (QED) is 0.778. The maximum absolute atomic E-state index is 12.3. The van der Waals surface area contributed by atoms with Crippen molar-refractivity contribution in [1.82, 2.24) is 9.55 Å². The molecule has 1 N–H and O–H groups in total. The molecule has 2 aromatic heterocycles. The number of nitrogens with one attached hydrogen (secondary N) is 1. The van der Waals surface area contributed by atoms with Gasteiger partial charge in [-0.3, -0.25) is 9.36 Å². The molecule has 24 heavy (non-hydrogen) atoms. The Bertz CT molecular complexity index is 988. The van der Waals surface area contributed by atoms with Gasteiger partial charge in [-0.1, -0.05) is 6.07 Å². The van der Waals surface area contributed by atoms with E-state index in [0.29, 0.717) is 10.5 Å². The van der Waals surface area contributed by atoms with Crippen LogP contribution in [0.25, 0.3) is 10.9 Å². The minimum Gasteiger partial charge on any atom is -0.378 e. The Hall–Kier alpha value is -2.67. The third kappa shape index (κ3) is 2.46. The zero-order chi connectivity index (χ0) is 16.7. The second kappa shape index (κ2) is 5.76. The summed E-state index contributed by atoms with van der Waals surface area (Å²) in [6, 6.07) is 9.73. The Morgan fingerprint density at radius 3 is 3.00 bits per heavy atom. The third-order valence-corrected chi connectivity index (χ3v) is 4.90. The number of fused-ring (bicyclic) bond motifs is 3. The second-order valence-electron chi connectivity index (χ2n) is 5.83. The van der Waals surface area contributed by atoms with Gasteiger partial charge in [0.05, 0.1) is 10.4 Å². The summed E-state index contributed by atoms with van der Waals surface area (Å²) in [6.45, 7) is 1.56. The average molecular weight is 339 g/mol. The lowest BCUT2D eigenvalue weighted by molar-refractivity contribution is 0.100. The average Bonchev–Trinajstić information content (AvgIpc) is 3.26. The zero-order valence-electron chi connectivity index (χ0n) is 13.5. The van der Waals surface area contributed by atoms with E-state index in [2.05, 4.69) is 26.3 Å². The number of hydrogen-bond donors (Lipinski definition) is 1. The monoisotopic (exact) mass is 339 g/mol. The van der Waals surface area contributed by atoms with Crippen LogP contribution in [-0.2, 0) is 6.54 Å². The molecule has 0 spiro atoms. The van der Waals surface area contributed by atoms with Crippen molar-refractivity contribution in [3.63, 3.8) is 0 Å². The highest BCUT2D eigenvalue weighted by molar-refractivity contribution is 7.12. The minimum absolute atomic E-state index is 0.247. The lowest BCUT2D eigenvalue weighted by Gasteiger charge is -2.14. The lowest BCUT2D eigenvalue weighted by Crippen LogP contribution is -2.24. The smallest absolute Gasteiger partial charge is 0.290 e. The van der Waals surface area contributed by atoms with Gasteiger partial charge in [-0.25, -0.2) is 4.98 Å². The lowest BCUT2D eigenvalue weighted by atomic mass is 10.2. The van der Waals surface area contributed by atoms with E-state index in [1.807, 2.05) is 42.2 Å². The molecule has 4 rings (SSSR count). The van der Waals surface area contributed by atoms with Crippen molar-refractivity contribution in [2.75, 3.05) is 30.9 Å². The van der Waals surface area contributed by atoms with Gasteiger partial charge in [-0.15, -0.1) is 11.3 Å². The van der Waals surface area contributed by atoms with Crippen LogP contribution in [0.1, 0.15) is 9.67 Å². The Morgan fingerprint density at radius 2 is 2.25 bits per heavy atom. The molecular formula is C17H17N5OS. The molecule has 122 valence electrons. The summed E-state index contributed by atoms with van der Waals surface area (Å²) >= 11 is 1.39. The largest absolute Gasteiger partial charge is 0.378 e. The number of nitrogens with zero attached hydrogens (tertiary/aromatic N) is 4. The molecule has 0 saturated carbocycles. The first kappa shape index (κ1) is 14.9. The first-order chi connectivity index (χ1) is 11.6. The molecule has 0 fully saturated rings. The normalized spacial score (nSPS) is 13.8. The molecule has 3 aromatic rings. The van der Waals surface area contributed by atoms with E-state index in [4.69, 9.17) is 0 Å². The molecule has 3 heterocycles. The summed E-state index contributed by atoms with van der Waals surface area (Å²) in [4.78, 5) is 23.9. The highest BCUT2D eigenvalue weighted by Crippen LogP contribution is 2.27. The highest BCUT2D eigenvalue weighted by Gasteiger charge is 2.17. The highest BCUT2D eigenvalue weighted by atomic mass is 32.1. The first-order valence-corrected chi connectivity index (χ1v) is 8.60. The van der Waals surface area contributed by atoms with Crippen molar-refractivity contribution in [3.05, 3.63) is 46.2 Å². The second-order valence-corrected chi connectivity index (χ2v) is 6.78. The molecule has 1 aliphatic heterocycles. The van der Waals surface area contributed by atoms with E-state index in [0.717, 1.165) is 35.5 Å². The van der Waals surface area contributed by atoms with Gasteiger partial charge >= 0.3 is 0 Å². The van der Waals surface area contributed by atoms with Crippen LogP contribution in [0.4, 0.5) is 11.5 Å². The van der Waals surface area contributed by atoms with E-state index < -0.39 is 0 Å². The van der Waals surface area contributed by atoms with Crippen molar-refractivity contribution in [1.29, 1.82) is 0 Å². The van der Waals surface area contributed by atoms with Gasteiger partial charge in [0.1, 0.15) is 5.82 Å². The van der Waals surface area contributed by atoms with Crippen molar-refractivity contribution >= 4 is 39.7 Å². The van der Waals surface area contributed by atoms with Crippen LogP contribution in [0.3, 0.4) is 0 Å². The van der Waals surface area contributed by atoms with E-state index in [1.54, 1.807) is 6.07 Å². The molecular weight excluding hydrogens is 322 g/mol. The number of thiophene rings is 1. The molecule has 0 radical (unpaired) electrons. The van der Waals surface area contributed by atoms with Crippen LogP contribution in [0.2, 0.25) is 0 Å². The molecule has 0 unspecified atom stereocenters. The molecule has 7 heteroatoms. The van der Waals surface area contributed by atoms with E-state index >= 15 is 0 Å². The van der Waals surface area contributed by atoms with E-state index in [1.165, 1.54) is 11.3 Å². The van der Waals surface area contributed by atoms with E-state index in [9.17, 15) is 4.79 Å². The zero-order valence-corrected chi connectivity index (χ0v) is 14.3. The summed E-state index contributed by atoms with van der Waals surface area (Å²) < 4.78 is 1.98. The number of hydrogen-bond acceptors (Lipinski definition) is 5. The molecule has 6 nitrogen and oxygen atoms in total. The van der Waals surface area contributed by atoms with Gasteiger partial charge in [-0.2, -0.15) is 4.99 Å². The number of carbonyl (C=O) groups is 1. The third-order valence-electron chi connectivity index (χ3n) is 4.04. The van der Waals surface area contributed by atoms with Crippen LogP contribution in [0.15, 0.2) is 40.7 Å². The summed E-state index contributed by atoms with van der Waals surface area (Å²) in [5, 5.41) is 6.31. The number of benzene rings is 1. The standard InChI is InChI=1S/C17H17N5OS/c1-21(2)11-5-6-13-12(10-11)15-18-7-8-22(15)17(19-13)20-16(23)14-4-3-9-24-14/h3-6,9-10,18H,7-8H2,1-2H3. The van der Waals surface area contributed by atoms with Crippen LogP contribution < -0.4 is 15.8 Å². The van der Waals surface area contributed by atoms with Gasteiger partial charge in [0.25, 0.3) is 5.91 Å². The van der Waals surface area contributed by atoms with Crippen molar-refractivity contribution in [2.45, 2.75) is 6.54 Å². The summed E-state index contributed by atoms with van der Waals surface area (Å²) in [6.07, 6.45) is 0. The maximum Gasteiger partial charge on any atom is 0.290 e. The Balaban J connectivity index is 1.92. The maximum atomic E-state index is 12.3. The topological polar surface area (TPSA) is 62.5 Å². The molecule has 0 atom stereocenters. The van der Waals surface area contributed by atoms with Crippen LogP contribution in [0, 0.1) is 0 Å². The van der Waals surface area contributed by atoms with Gasteiger partial charge in [0, 0.05) is 38.3 Å². The van der Waals surface area contributed by atoms with Gasteiger partial charge in [-0.05, 0) is 29.6 Å².